The zero-order valence-corrected chi connectivity index (χ0v) is 18.3. The van der Waals surface area contributed by atoms with Crippen molar-refractivity contribution in [1.29, 1.82) is 0 Å². The van der Waals surface area contributed by atoms with E-state index in [1.54, 1.807) is 20.8 Å². The van der Waals surface area contributed by atoms with E-state index in [2.05, 4.69) is 4.72 Å². The predicted molar refractivity (Wildman–Crippen MR) is 104 cm³/mol. The van der Waals surface area contributed by atoms with Gasteiger partial charge in [0.2, 0.25) is 0 Å². The summed E-state index contributed by atoms with van der Waals surface area (Å²) in [4.78, 5) is 24.4. The number of nitrogens with one attached hydrogen (secondary N) is 1. The molecule has 1 aromatic rings. The SMILES string of the molecule is CC1(C)OC(=O)C(F)(CCC(CF)(N[S@+]([O-])C(C)(C)C)c2ccccc2F)C(=O)O1. The number of ether oxygens (including phenoxy) is 2. The van der Waals surface area contributed by atoms with E-state index in [-0.39, 0.29) is 5.56 Å². The van der Waals surface area contributed by atoms with Gasteiger partial charge in [0, 0.05) is 37.2 Å². The zero-order chi connectivity index (χ0) is 23.0. The lowest BCUT2D eigenvalue weighted by molar-refractivity contribution is -0.253. The Hall–Kier alpha value is -1.78. The van der Waals surface area contributed by atoms with Gasteiger partial charge in [-0.05, 0) is 33.3 Å². The topological polar surface area (TPSA) is 87.7 Å². The van der Waals surface area contributed by atoms with E-state index in [0.29, 0.717) is 0 Å². The number of rotatable bonds is 7. The maximum Gasteiger partial charge on any atom is 0.359 e. The molecule has 1 unspecified atom stereocenters. The Morgan fingerprint density at radius 3 is 2.13 bits per heavy atom. The summed E-state index contributed by atoms with van der Waals surface area (Å²) in [5.41, 5.74) is -5.37. The molecule has 1 N–H and O–H groups in total. The minimum absolute atomic E-state index is 0.202. The van der Waals surface area contributed by atoms with Crippen LogP contribution in [0.3, 0.4) is 0 Å². The minimum atomic E-state index is -3.20. The van der Waals surface area contributed by atoms with Crippen LogP contribution in [-0.2, 0) is 36.0 Å². The third-order valence-corrected chi connectivity index (χ3v) is 6.37. The van der Waals surface area contributed by atoms with Gasteiger partial charge >= 0.3 is 17.6 Å². The van der Waals surface area contributed by atoms with Crippen LogP contribution in [0.1, 0.15) is 53.0 Å². The highest BCUT2D eigenvalue weighted by Crippen LogP contribution is 2.38. The van der Waals surface area contributed by atoms with E-state index in [1.807, 2.05) is 0 Å². The quantitative estimate of drug-likeness (QED) is 0.390. The molecule has 1 heterocycles. The van der Waals surface area contributed by atoms with Gasteiger partial charge in [-0.25, -0.2) is 22.8 Å². The van der Waals surface area contributed by atoms with Crippen molar-refractivity contribution in [3.63, 3.8) is 0 Å². The van der Waals surface area contributed by atoms with Crippen molar-refractivity contribution in [3.8, 4) is 0 Å². The molecule has 1 aliphatic heterocycles. The summed E-state index contributed by atoms with van der Waals surface area (Å²) >= 11 is -1.88. The molecule has 2 rings (SSSR count). The van der Waals surface area contributed by atoms with Gasteiger partial charge in [0.1, 0.15) is 22.8 Å². The second-order valence-electron chi connectivity index (χ2n) is 8.66. The summed E-state index contributed by atoms with van der Waals surface area (Å²) in [6, 6.07) is 5.18. The molecule has 1 aromatic carbocycles. The fraction of sp³-hybridized carbons (Fsp3) is 0.600. The van der Waals surface area contributed by atoms with Gasteiger partial charge in [-0.2, -0.15) is 0 Å². The van der Waals surface area contributed by atoms with E-state index in [1.165, 1.54) is 32.0 Å². The second kappa shape index (κ2) is 8.39. The van der Waals surface area contributed by atoms with E-state index in [0.717, 1.165) is 6.07 Å². The summed E-state index contributed by atoms with van der Waals surface area (Å²) in [5.74, 6) is -5.39. The van der Waals surface area contributed by atoms with E-state index in [4.69, 9.17) is 9.47 Å². The summed E-state index contributed by atoms with van der Waals surface area (Å²) < 4.78 is 68.3. The molecule has 1 fully saturated rings. The normalized spacial score (nSPS) is 21.4. The third-order valence-electron chi connectivity index (χ3n) is 4.68. The zero-order valence-electron chi connectivity index (χ0n) is 17.5. The third kappa shape index (κ3) is 4.92. The molecule has 0 aromatic heterocycles. The Bertz CT molecular complexity index is 794. The van der Waals surface area contributed by atoms with Crippen molar-refractivity contribution in [1.82, 2.24) is 4.72 Å². The predicted octanol–water partition coefficient (Wildman–Crippen LogP) is 3.37. The van der Waals surface area contributed by atoms with Gasteiger partial charge < -0.3 is 14.0 Å². The highest BCUT2D eigenvalue weighted by molar-refractivity contribution is 7.90. The van der Waals surface area contributed by atoms with Crippen molar-refractivity contribution >= 4 is 23.3 Å². The summed E-state index contributed by atoms with van der Waals surface area (Å²) in [5, 5.41) is 0. The van der Waals surface area contributed by atoms with Crippen LogP contribution in [0.15, 0.2) is 24.3 Å². The smallest absolute Gasteiger partial charge is 0.359 e. The molecular formula is C20H26F3NO5S. The molecule has 10 heteroatoms. The lowest BCUT2D eigenvalue weighted by atomic mass is 9.83. The van der Waals surface area contributed by atoms with Crippen LogP contribution in [0.5, 0.6) is 0 Å². The Kier molecular flexibility index (Phi) is 6.85. The number of alkyl halides is 2. The van der Waals surface area contributed by atoms with Crippen LogP contribution in [0.2, 0.25) is 0 Å². The Labute approximate surface area is 176 Å². The summed E-state index contributed by atoms with van der Waals surface area (Å²) in [6.07, 6.45) is -1.44. The van der Waals surface area contributed by atoms with Gasteiger partial charge in [-0.15, -0.1) is 4.72 Å². The van der Waals surface area contributed by atoms with Crippen LogP contribution in [-0.4, -0.2) is 39.4 Å². The van der Waals surface area contributed by atoms with Gasteiger partial charge in [0.15, 0.2) is 0 Å². The van der Waals surface area contributed by atoms with Gasteiger partial charge in [0.05, 0.1) is 0 Å². The highest BCUT2D eigenvalue weighted by atomic mass is 32.2. The largest absolute Gasteiger partial charge is 0.598 e. The van der Waals surface area contributed by atoms with Crippen molar-refractivity contribution in [2.75, 3.05) is 6.67 Å². The standard InChI is InChI=1S/C20H26F3NO5S/c1-17(2,3)30(27)24-19(12-21,13-8-6-7-9-14(13)22)10-11-20(23)15(25)28-18(4,5)29-16(20)26/h6-9,24H,10-12H2,1-5H3/t19?,30-/m1/s1. The molecule has 0 amide bonds. The van der Waals surface area contributed by atoms with E-state index < -0.39 is 70.4 Å². The number of hydrogen-bond acceptors (Lipinski definition) is 6. The first-order valence-electron chi connectivity index (χ1n) is 9.33. The lowest BCUT2D eigenvalue weighted by Crippen LogP contribution is -2.58. The van der Waals surface area contributed by atoms with Crippen LogP contribution in [0.25, 0.3) is 0 Å². The second-order valence-corrected chi connectivity index (χ2v) is 10.6. The maximum absolute atomic E-state index is 15.3. The van der Waals surface area contributed by atoms with Gasteiger partial charge in [0.25, 0.3) is 5.79 Å². The number of carbonyl (C=O) groups excluding carboxylic acids is 2. The average Bonchev–Trinajstić information content (AvgIpc) is 2.62. The number of esters is 2. The van der Waals surface area contributed by atoms with Crippen molar-refractivity contribution in [2.45, 2.75) is 69.2 Å². The van der Waals surface area contributed by atoms with Crippen LogP contribution >= 0.6 is 0 Å². The number of cyclic esters (lactones) is 2. The Balaban J connectivity index is 2.42. The first kappa shape index (κ1) is 24.5. The molecule has 2 atom stereocenters. The van der Waals surface area contributed by atoms with Gasteiger partial charge in [-0.3, -0.25) is 0 Å². The molecule has 0 spiro atoms. The molecule has 0 saturated carbocycles. The molecule has 0 bridgehead atoms. The fourth-order valence-electron chi connectivity index (χ4n) is 2.89. The highest BCUT2D eigenvalue weighted by Gasteiger charge is 2.58. The molecule has 0 aliphatic carbocycles. The first-order valence-corrected chi connectivity index (χ1v) is 10.5. The molecule has 1 saturated heterocycles. The number of halogens is 3. The van der Waals surface area contributed by atoms with Crippen LogP contribution in [0.4, 0.5) is 13.2 Å². The van der Waals surface area contributed by atoms with Crippen molar-refractivity contribution in [2.24, 2.45) is 0 Å². The first-order chi connectivity index (χ1) is 13.7. The molecule has 168 valence electrons. The summed E-state index contributed by atoms with van der Waals surface area (Å²) in [6.45, 7) is 6.11. The Morgan fingerprint density at radius 2 is 1.67 bits per heavy atom. The monoisotopic (exact) mass is 449 g/mol. The minimum Gasteiger partial charge on any atom is -0.598 e. The molecule has 0 radical (unpaired) electrons. The molecule has 6 nitrogen and oxygen atoms in total. The van der Waals surface area contributed by atoms with E-state index >= 15 is 4.39 Å². The van der Waals surface area contributed by atoms with Crippen molar-refractivity contribution in [3.05, 3.63) is 35.6 Å². The molecule has 30 heavy (non-hydrogen) atoms. The summed E-state index contributed by atoms with van der Waals surface area (Å²) in [7, 11) is 0. The van der Waals surface area contributed by atoms with Crippen LogP contribution < -0.4 is 4.72 Å². The average molecular weight is 449 g/mol. The fourth-order valence-corrected chi connectivity index (χ4v) is 3.82. The van der Waals surface area contributed by atoms with Crippen LogP contribution in [0, 0.1) is 5.82 Å². The lowest BCUT2D eigenvalue weighted by Gasteiger charge is -2.39. The number of carbonyl (C=O) groups is 2. The molecular weight excluding hydrogens is 423 g/mol. The van der Waals surface area contributed by atoms with Gasteiger partial charge in [-0.1, -0.05) is 18.2 Å². The van der Waals surface area contributed by atoms with E-state index in [9.17, 15) is 22.9 Å². The number of benzene rings is 1. The van der Waals surface area contributed by atoms with Crippen molar-refractivity contribution < 1.29 is 36.8 Å². The Morgan fingerprint density at radius 1 is 1.13 bits per heavy atom. The maximum atomic E-state index is 15.3. The molecule has 1 aliphatic rings. The number of hydrogen-bond donors (Lipinski definition) is 1.